The Balaban J connectivity index is 0.00000144. The van der Waals surface area contributed by atoms with Crippen LogP contribution in [0.15, 0.2) is 29.0 Å². The van der Waals surface area contributed by atoms with Crippen LogP contribution >= 0.6 is 36.2 Å². The van der Waals surface area contributed by atoms with Gasteiger partial charge in [0.25, 0.3) is 5.91 Å². The van der Waals surface area contributed by atoms with E-state index in [-0.39, 0.29) is 36.8 Å². The SMILES string of the molecule is Cc1nc(-c2ccsc2)ccc1C(=O)N1CCCCC1CN.Cl.Cl. The van der Waals surface area contributed by atoms with Gasteiger partial charge < -0.3 is 10.6 Å². The Hall–Kier alpha value is -1.14. The fourth-order valence-electron chi connectivity index (χ4n) is 3.03. The second kappa shape index (κ2) is 9.37. The summed E-state index contributed by atoms with van der Waals surface area (Å²) in [7, 11) is 0. The van der Waals surface area contributed by atoms with Crippen LogP contribution in [0.1, 0.15) is 35.3 Å². The van der Waals surface area contributed by atoms with Crippen LogP contribution in [0, 0.1) is 6.92 Å². The Kier molecular flexibility index (Phi) is 8.16. The molecule has 2 N–H and O–H groups in total. The van der Waals surface area contributed by atoms with Crippen molar-refractivity contribution < 1.29 is 4.79 Å². The standard InChI is InChI=1S/C17H21N3OS.2ClH/c1-12-15(5-6-16(19-12)13-7-9-22-11-13)17(21)20-8-3-2-4-14(20)10-18;;/h5-7,9,11,14H,2-4,8,10,18H2,1H3;2*1H. The second-order valence-corrected chi connectivity index (χ2v) is 6.51. The molecule has 1 amide bonds. The van der Waals surface area contributed by atoms with Crippen LogP contribution in [0.3, 0.4) is 0 Å². The summed E-state index contributed by atoms with van der Waals surface area (Å²) >= 11 is 1.65. The average molecular weight is 388 g/mol. The minimum atomic E-state index is 0. The Morgan fingerprint density at radius 1 is 1.33 bits per heavy atom. The average Bonchev–Trinajstić information content (AvgIpc) is 3.08. The first-order valence-electron chi connectivity index (χ1n) is 7.72. The maximum Gasteiger partial charge on any atom is 0.255 e. The minimum absolute atomic E-state index is 0. The molecular weight excluding hydrogens is 365 g/mol. The van der Waals surface area contributed by atoms with Crippen molar-refractivity contribution in [1.29, 1.82) is 0 Å². The summed E-state index contributed by atoms with van der Waals surface area (Å²) in [6.07, 6.45) is 3.21. The van der Waals surface area contributed by atoms with Gasteiger partial charge in [-0.05, 0) is 49.8 Å². The third-order valence-electron chi connectivity index (χ3n) is 4.29. The van der Waals surface area contributed by atoms with Gasteiger partial charge in [0.15, 0.2) is 0 Å². The molecule has 7 heteroatoms. The molecule has 24 heavy (non-hydrogen) atoms. The highest BCUT2D eigenvalue weighted by atomic mass is 35.5. The van der Waals surface area contributed by atoms with Crippen molar-refractivity contribution in [3.05, 3.63) is 40.2 Å². The fourth-order valence-corrected chi connectivity index (χ4v) is 3.68. The van der Waals surface area contributed by atoms with Crippen LogP contribution in [0.5, 0.6) is 0 Å². The molecular formula is C17H23Cl2N3OS. The Morgan fingerprint density at radius 3 is 2.75 bits per heavy atom. The fraction of sp³-hybridized carbons (Fsp3) is 0.412. The number of aromatic nitrogens is 1. The maximum atomic E-state index is 12.8. The molecule has 0 aliphatic carbocycles. The number of carbonyl (C=O) groups excluding carboxylic acids is 1. The first-order chi connectivity index (χ1) is 10.7. The van der Waals surface area contributed by atoms with E-state index in [2.05, 4.69) is 10.4 Å². The molecule has 0 bridgehead atoms. The summed E-state index contributed by atoms with van der Waals surface area (Å²) in [4.78, 5) is 19.4. The van der Waals surface area contributed by atoms with Gasteiger partial charge in [0.05, 0.1) is 17.0 Å². The molecule has 1 fully saturated rings. The molecule has 0 saturated carbocycles. The van der Waals surface area contributed by atoms with Gasteiger partial charge in [-0.3, -0.25) is 9.78 Å². The molecule has 3 rings (SSSR count). The van der Waals surface area contributed by atoms with Crippen molar-refractivity contribution in [3.63, 3.8) is 0 Å². The maximum absolute atomic E-state index is 12.8. The molecule has 1 aliphatic heterocycles. The summed E-state index contributed by atoms with van der Waals surface area (Å²) in [5.41, 5.74) is 9.33. The van der Waals surface area contributed by atoms with Gasteiger partial charge in [0, 0.05) is 30.1 Å². The second-order valence-electron chi connectivity index (χ2n) is 5.73. The van der Waals surface area contributed by atoms with Crippen LogP contribution in [0.4, 0.5) is 0 Å². The van der Waals surface area contributed by atoms with E-state index in [0.29, 0.717) is 12.1 Å². The predicted molar refractivity (Wildman–Crippen MR) is 105 cm³/mol. The zero-order chi connectivity index (χ0) is 15.5. The van der Waals surface area contributed by atoms with E-state index in [1.54, 1.807) is 11.3 Å². The van der Waals surface area contributed by atoms with Gasteiger partial charge in [0.1, 0.15) is 0 Å². The van der Waals surface area contributed by atoms with Gasteiger partial charge in [-0.15, -0.1) is 24.8 Å². The number of nitrogens with zero attached hydrogens (tertiary/aromatic N) is 2. The quantitative estimate of drug-likeness (QED) is 0.867. The summed E-state index contributed by atoms with van der Waals surface area (Å²) in [6.45, 7) is 3.24. The van der Waals surface area contributed by atoms with Gasteiger partial charge >= 0.3 is 0 Å². The highest BCUT2D eigenvalue weighted by Gasteiger charge is 2.27. The van der Waals surface area contributed by atoms with Gasteiger partial charge in [-0.25, -0.2) is 0 Å². The molecule has 4 nitrogen and oxygen atoms in total. The summed E-state index contributed by atoms with van der Waals surface area (Å²) in [5.74, 6) is 0.0667. The molecule has 0 aromatic carbocycles. The highest BCUT2D eigenvalue weighted by Crippen LogP contribution is 2.24. The number of halogens is 2. The number of piperidine rings is 1. The number of amides is 1. The molecule has 2 aromatic rings. The van der Waals surface area contributed by atoms with Crippen molar-refractivity contribution in [2.45, 2.75) is 32.2 Å². The Bertz CT molecular complexity index is 664. The molecule has 1 unspecified atom stereocenters. The number of likely N-dealkylation sites (tertiary alicyclic amines) is 1. The van der Waals surface area contributed by atoms with Crippen LogP contribution in [-0.4, -0.2) is 34.9 Å². The number of thiophene rings is 1. The van der Waals surface area contributed by atoms with Gasteiger partial charge in [-0.1, -0.05) is 0 Å². The van der Waals surface area contributed by atoms with E-state index in [0.717, 1.165) is 42.8 Å². The van der Waals surface area contributed by atoms with E-state index >= 15 is 0 Å². The van der Waals surface area contributed by atoms with Crippen molar-refractivity contribution in [3.8, 4) is 11.3 Å². The van der Waals surface area contributed by atoms with Crippen molar-refractivity contribution in [2.75, 3.05) is 13.1 Å². The van der Waals surface area contributed by atoms with Crippen molar-refractivity contribution >= 4 is 42.1 Å². The lowest BCUT2D eigenvalue weighted by Crippen LogP contribution is -2.47. The van der Waals surface area contributed by atoms with Crippen molar-refractivity contribution in [1.82, 2.24) is 9.88 Å². The molecule has 0 spiro atoms. The predicted octanol–water partition coefficient (Wildman–Crippen LogP) is 3.92. The highest BCUT2D eigenvalue weighted by molar-refractivity contribution is 7.08. The normalized spacial score (nSPS) is 16.9. The molecule has 0 radical (unpaired) electrons. The third kappa shape index (κ3) is 4.28. The van der Waals surface area contributed by atoms with Crippen LogP contribution in [0.25, 0.3) is 11.3 Å². The molecule has 1 atom stereocenters. The topological polar surface area (TPSA) is 59.2 Å². The molecule has 2 aromatic heterocycles. The first kappa shape index (κ1) is 20.9. The third-order valence-corrected chi connectivity index (χ3v) is 4.98. The molecule has 132 valence electrons. The van der Waals surface area contributed by atoms with Crippen LogP contribution < -0.4 is 5.73 Å². The summed E-state index contributed by atoms with van der Waals surface area (Å²) in [5, 5.41) is 4.10. The lowest BCUT2D eigenvalue weighted by Gasteiger charge is -2.35. The number of rotatable bonds is 3. The molecule has 1 saturated heterocycles. The number of nitrogens with two attached hydrogens (primary N) is 1. The first-order valence-corrected chi connectivity index (χ1v) is 8.66. The van der Waals surface area contributed by atoms with E-state index in [4.69, 9.17) is 5.73 Å². The van der Waals surface area contributed by atoms with E-state index in [1.165, 1.54) is 0 Å². The zero-order valence-electron chi connectivity index (χ0n) is 13.6. The number of hydrogen-bond donors (Lipinski definition) is 1. The molecule has 3 heterocycles. The number of carbonyl (C=O) groups is 1. The largest absolute Gasteiger partial charge is 0.334 e. The summed E-state index contributed by atoms with van der Waals surface area (Å²) < 4.78 is 0. The van der Waals surface area contributed by atoms with Crippen LogP contribution in [0.2, 0.25) is 0 Å². The van der Waals surface area contributed by atoms with Crippen LogP contribution in [-0.2, 0) is 0 Å². The van der Waals surface area contributed by atoms with Gasteiger partial charge in [-0.2, -0.15) is 11.3 Å². The minimum Gasteiger partial charge on any atom is -0.334 e. The molecule has 1 aliphatic rings. The number of hydrogen-bond acceptors (Lipinski definition) is 4. The van der Waals surface area contributed by atoms with E-state index in [9.17, 15) is 4.79 Å². The lowest BCUT2D eigenvalue weighted by molar-refractivity contribution is 0.0622. The monoisotopic (exact) mass is 387 g/mol. The number of aryl methyl sites for hydroxylation is 1. The number of pyridine rings is 1. The van der Waals surface area contributed by atoms with E-state index < -0.39 is 0 Å². The lowest BCUT2D eigenvalue weighted by atomic mass is 10.0. The van der Waals surface area contributed by atoms with E-state index in [1.807, 2.05) is 35.4 Å². The Labute approximate surface area is 159 Å². The van der Waals surface area contributed by atoms with Gasteiger partial charge in [0.2, 0.25) is 0 Å². The smallest absolute Gasteiger partial charge is 0.255 e. The van der Waals surface area contributed by atoms with Crippen molar-refractivity contribution in [2.24, 2.45) is 5.73 Å². The zero-order valence-corrected chi connectivity index (χ0v) is 16.1. The Morgan fingerprint density at radius 2 is 2.12 bits per heavy atom. The summed E-state index contributed by atoms with van der Waals surface area (Å²) in [6, 6.07) is 6.05.